The molecule has 0 bridgehead atoms. The highest BCUT2D eigenvalue weighted by Gasteiger charge is 2.06. The highest BCUT2D eigenvalue weighted by atomic mass is 16.3. The van der Waals surface area contributed by atoms with Crippen LogP contribution in [0.15, 0.2) is 77.2 Å². The SMILES string of the molecule is [B]c1ccc(C=Cc2ccc(-c3nc4ccccc4o3)cc2)cc1. The topological polar surface area (TPSA) is 26.0 Å². The van der Waals surface area contributed by atoms with Crippen molar-refractivity contribution in [3.63, 3.8) is 0 Å². The van der Waals surface area contributed by atoms with Crippen LogP contribution in [0.5, 0.6) is 0 Å². The van der Waals surface area contributed by atoms with Gasteiger partial charge < -0.3 is 4.42 Å². The molecule has 0 saturated carbocycles. The standard InChI is InChI=1S/C21H14BNO/c22-18-13-9-16(10-14-18)6-5-15-7-11-17(12-8-15)21-23-19-3-1-2-4-20(19)24-21/h1-14H. The van der Waals surface area contributed by atoms with Crippen molar-refractivity contribution in [2.75, 3.05) is 0 Å². The lowest BCUT2D eigenvalue weighted by Crippen LogP contribution is -1.98. The van der Waals surface area contributed by atoms with Crippen molar-refractivity contribution in [1.29, 1.82) is 0 Å². The molecule has 1 heterocycles. The molecule has 3 aromatic carbocycles. The van der Waals surface area contributed by atoms with Crippen LogP contribution in [0.4, 0.5) is 0 Å². The second-order valence-corrected chi connectivity index (χ2v) is 5.61. The van der Waals surface area contributed by atoms with Gasteiger partial charge in [-0.1, -0.05) is 66.1 Å². The minimum Gasteiger partial charge on any atom is -0.436 e. The summed E-state index contributed by atoms with van der Waals surface area (Å²) in [6.07, 6.45) is 4.13. The van der Waals surface area contributed by atoms with Crippen molar-refractivity contribution in [2.24, 2.45) is 0 Å². The zero-order valence-electron chi connectivity index (χ0n) is 13.0. The number of oxazole rings is 1. The predicted molar refractivity (Wildman–Crippen MR) is 100 cm³/mol. The zero-order valence-corrected chi connectivity index (χ0v) is 13.0. The smallest absolute Gasteiger partial charge is 0.227 e. The molecule has 0 unspecified atom stereocenters. The molecular formula is C21H14BNO. The first-order valence-electron chi connectivity index (χ1n) is 7.77. The molecule has 0 aliphatic rings. The summed E-state index contributed by atoms with van der Waals surface area (Å²) in [4.78, 5) is 4.52. The number of benzene rings is 3. The molecule has 2 radical (unpaired) electrons. The van der Waals surface area contributed by atoms with Gasteiger partial charge in [0.05, 0.1) is 0 Å². The average molecular weight is 307 g/mol. The van der Waals surface area contributed by atoms with Crippen molar-refractivity contribution in [3.05, 3.63) is 83.9 Å². The molecule has 3 heteroatoms. The lowest BCUT2D eigenvalue weighted by atomic mass is 9.95. The van der Waals surface area contributed by atoms with Gasteiger partial charge >= 0.3 is 0 Å². The van der Waals surface area contributed by atoms with E-state index < -0.39 is 0 Å². The average Bonchev–Trinajstić information content (AvgIpc) is 3.06. The zero-order chi connectivity index (χ0) is 16.4. The Labute approximate surface area is 141 Å². The number of hydrogen-bond donors (Lipinski definition) is 0. The summed E-state index contributed by atoms with van der Waals surface area (Å²) in [6, 6.07) is 23.7. The first kappa shape index (κ1) is 14.5. The molecule has 112 valence electrons. The van der Waals surface area contributed by atoms with Crippen LogP contribution in [0, 0.1) is 0 Å². The Hall–Kier alpha value is -3.07. The van der Waals surface area contributed by atoms with Crippen LogP contribution in [0.1, 0.15) is 11.1 Å². The van der Waals surface area contributed by atoms with Crippen LogP contribution in [0.25, 0.3) is 34.7 Å². The number of hydrogen-bond acceptors (Lipinski definition) is 2. The summed E-state index contributed by atoms with van der Waals surface area (Å²) in [5.41, 5.74) is 5.66. The fraction of sp³-hybridized carbons (Fsp3) is 0. The van der Waals surface area contributed by atoms with E-state index in [4.69, 9.17) is 12.3 Å². The van der Waals surface area contributed by atoms with E-state index in [0.29, 0.717) is 5.89 Å². The number of nitrogens with zero attached hydrogens (tertiary/aromatic N) is 1. The monoisotopic (exact) mass is 307 g/mol. The maximum atomic E-state index is 5.79. The van der Waals surface area contributed by atoms with Crippen molar-refractivity contribution in [1.82, 2.24) is 4.98 Å². The van der Waals surface area contributed by atoms with Crippen molar-refractivity contribution >= 4 is 36.6 Å². The largest absolute Gasteiger partial charge is 0.436 e. The summed E-state index contributed by atoms with van der Waals surface area (Å²) in [7, 11) is 5.69. The molecule has 0 N–H and O–H groups in total. The molecule has 4 aromatic rings. The number of fused-ring (bicyclic) bond motifs is 1. The Kier molecular flexibility index (Phi) is 3.76. The van der Waals surface area contributed by atoms with E-state index in [-0.39, 0.29) is 0 Å². The van der Waals surface area contributed by atoms with E-state index in [0.717, 1.165) is 33.3 Å². The van der Waals surface area contributed by atoms with Gasteiger partial charge in [0.2, 0.25) is 5.89 Å². The minimum absolute atomic E-state index is 0.644. The van der Waals surface area contributed by atoms with Gasteiger partial charge in [0.25, 0.3) is 0 Å². The van der Waals surface area contributed by atoms with Crippen LogP contribution in [0.3, 0.4) is 0 Å². The predicted octanol–water partition coefficient (Wildman–Crippen LogP) is 4.46. The Morgan fingerprint density at radius 3 is 2.04 bits per heavy atom. The minimum atomic E-state index is 0.644. The molecule has 1 aromatic heterocycles. The van der Waals surface area contributed by atoms with Crippen LogP contribution in [-0.2, 0) is 0 Å². The fourth-order valence-electron chi connectivity index (χ4n) is 2.53. The van der Waals surface area contributed by atoms with E-state index in [1.165, 1.54) is 0 Å². The van der Waals surface area contributed by atoms with Crippen molar-refractivity contribution in [3.8, 4) is 11.5 Å². The van der Waals surface area contributed by atoms with E-state index in [1.54, 1.807) is 0 Å². The molecular weight excluding hydrogens is 293 g/mol. The molecule has 0 atom stereocenters. The summed E-state index contributed by atoms with van der Waals surface area (Å²) in [5.74, 6) is 0.644. The second-order valence-electron chi connectivity index (χ2n) is 5.61. The lowest BCUT2D eigenvalue weighted by Gasteiger charge is -1.98. The highest BCUT2D eigenvalue weighted by Crippen LogP contribution is 2.24. The van der Waals surface area contributed by atoms with E-state index in [2.05, 4.69) is 29.3 Å². The Morgan fingerprint density at radius 1 is 0.750 bits per heavy atom. The third-order valence-corrected chi connectivity index (χ3v) is 3.86. The van der Waals surface area contributed by atoms with Crippen LogP contribution < -0.4 is 5.46 Å². The molecule has 0 aliphatic carbocycles. The van der Waals surface area contributed by atoms with E-state index in [9.17, 15) is 0 Å². The van der Waals surface area contributed by atoms with Gasteiger partial charge in [0.15, 0.2) is 5.58 Å². The molecule has 0 aliphatic heterocycles. The quantitative estimate of drug-likeness (QED) is 0.412. The number of aromatic nitrogens is 1. The van der Waals surface area contributed by atoms with Crippen LogP contribution in [-0.4, -0.2) is 12.8 Å². The van der Waals surface area contributed by atoms with Gasteiger partial charge in [-0.25, -0.2) is 4.98 Å². The van der Waals surface area contributed by atoms with Gasteiger partial charge in [-0.2, -0.15) is 0 Å². The first-order valence-corrected chi connectivity index (χ1v) is 7.77. The third-order valence-electron chi connectivity index (χ3n) is 3.86. The summed E-state index contributed by atoms with van der Waals surface area (Å²) >= 11 is 0. The molecule has 24 heavy (non-hydrogen) atoms. The van der Waals surface area contributed by atoms with Gasteiger partial charge in [-0.15, -0.1) is 0 Å². The van der Waals surface area contributed by atoms with Crippen molar-refractivity contribution in [2.45, 2.75) is 0 Å². The van der Waals surface area contributed by atoms with Crippen molar-refractivity contribution < 1.29 is 4.42 Å². The Balaban J connectivity index is 1.57. The maximum absolute atomic E-state index is 5.79. The lowest BCUT2D eigenvalue weighted by molar-refractivity contribution is 0.620. The maximum Gasteiger partial charge on any atom is 0.227 e. The molecule has 0 spiro atoms. The van der Waals surface area contributed by atoms with Gasteiger partial charge in [0, 0.05) is 5.56 Å². The third kappa shape index (κ3) is 3.02. The molecule has 0 fully saturated rings. The molecule has 0 amide bonds. The molecule has 4 rings (SSSR count). The summed E-state index contributed by atoms with van der Waals surface area (Å²) in [6.45, 7) is 0. The number of rotatable bonds is 3. The van der Waals surface area contributed by atoms with Crippen LogP contribution in [0.2, 0.25) is 0 Å². The van der Waals surface area contributed by atoms with Gasteiger partial charge in [-0.05, 0) is 35.4 Å². The summed E-state index contributed by atoms with van der Waals surface area (Å²) in [5, 5.41) is 0. The van der Waals surface area contributed by atoms with Crippen LogP contribution >= 0.6 is 0 Å². The fourth-order valence-corrected chi connectivity index (χ4v) is 2.53. The van der Waals surface area contributed by atoms with E-state index in [1.807, 2.05) is 60.7 Å². The first-order chi connectivity index (χ1) is 11.8. The number of para-hydroxylation sites is 2. The van der Waals surface area contributed by atoms with Gasteiger partial charge in [0.1, 0.15) is 13.4 Å². The highest BCUT2D eigenvalue weighted by molar-refractivity contribution is 6.32. The van der Waals surface area contributed by atoms with Gasteiger partial charge in [-0.3, -0.25) is 0 Å². The summed E-state index contributed by atoms with van der Waals surface area (Å²) < 4.78 is 5.79. The van der Waals surface area contributed by atoms with E-state index >= 15 is 0 Å². The molecule has 2 nitrogen and oxygen atoms in total. The normalized spacial score (nSPS) is 11.3. The Morgan fingerprint density at radius 2 is 1.38 bits per heavy atom. The second kappa shape index (κ2) is 6.21. The Bertz CT molecular complexity index is 965. The molecule has 0 saturated heterocycles.